The van der Waals surface area contributed by atoms with Gasteiger partial charge >= 0.3 is 13.6 Å². The SMILES string of the molecule is NC1Cc2c(cc(F)c(CP(=O)(O)O)c2F)OC1=O. The second-order valence-electron chi connectivity index (χ2n) is 4.18. The lowest BCUT2D eigenvalue weighted by Crippen LogP contribution is -2.40. The van der Waals surface area contributed by atoms with Gasteiger partial charge in [0.25, 0.3) is 0 Å². The van der Waals surface area contributed by atoms with Gasteiger partial charge in [0.1, 0.15) is 23.4 Å². The number of hydrogen-bond acceptors (Lipinski definition) is 4. The maximum Gasteiger partial charge on any atom is 0.330 e. The van der Waals surface area contributed by atoms with E-state index in [1.165, 1.54) is 0 Å². The first-order valence-electron chi connectivity index (χ1n) is 5.20. The Morgan fingerprint density at radius 1 is 1.47 bits per heavy atom. The van der Waals surface area contributed by atoms with Gasteiger partial charge in [-0.25, -0.2) is 13.6 Å². The molecule has 104 valence electrons. The number of hydrogen-bond donors (Lipinski definition) is 3. The second-order valence-corrected chi connectivity index (χ2v) is 5.83. The van der Waals surface area contributed by atoms with Gasteiger partial charge in [-0.05, 0) is 0 Å². The van der Waals surface area contributed by atoms with Crippen LogP contribution in [-0.2, 0) is 21.9 Å². The van der Waals surface area contributed by atoms with E-state index < -0.39 is 43.0 Å². The molecular formula is C10H10F2NO5P. The fraction of sp³-hybridized carbons (Fsp3) is 0.300. The standard InChI is InChI=1S/C10H10F2NO5P/c11-6-2-8-4(1-7(13)10(14)18-8)9(12)5(6)3-19(15,16)17/h2,7H,1,3,13H2,(H2,15,16,17). The van der Waals surface area contributed by atoms with Crippen molar-refractivity contribution in [1.29, 1.82) is 0 Å². The lowest BCUT2D eigenvalue weighted by atomic mass is 9.99. The van der Waals surface area contributed by atoms with Gasteiger partial charge in [-0.2, -0.15) is 0 Å². The molecule has 0 amide bonds. The molecule has 19 heavy (non-hydrogen) atoms. The first-order chi connectivity index (χ1) is 8.69. The second kappa shape index (κ2) is 4.64. The zero-order valence-electron chi connectivity index (χ0n) is 9.47. The molecule has 0 bridgehead atoms. The van der Waals surface area contributed by atoms with Crippen molar-refractivity contribution < 1.29 is 32.7 Å². The van der Waals surface area contributed by atoms with Gasteiger partial charge in [0.15, 0.2) is 0 Å². The molecule has 0 fully saturated rings. The molecule has 1 aromatic carbocycles. The lowest BCUT2D eigenvalue weighted by Gasteiger charge is -2.22. The molecular weight excluding hydrogens is 283 g/mol. The van der Waals surface area contributed by atoms with Crippen molar-refractivity contribution in [3.8, 4) is 5.75 Å². The van der Waals surface area contributed by atoms with Crippen LogP contribution < -0.4 is 10.5 Å². The Morgan fingerprint density at radius 3 is 2.68 bits per heavy atom. The van der Waals surface area contributed by atoms with Crippen LogP contribution in [-0.4, -0.2) is 21.8 Å². The summed E-state index contributed by atoms with van der Waals surface area (Å²) in [6.45, 7) is 0. The minimum Gasteiger partial charge on any atom is -0.425 e. The first-order valence-corrected chi connectivity index (χ1v) is 7.00. The monoisotopic (exact) mass is 293 g/mol. The van der Waals surface area contributed by atoms with E-state index in [1.807, 2.05) is 0 Å². The van der Waals surface area contributed by atoms with Crippen molar-refractivity contribution in [2.45, 2.75) is 18.6 Å². The molecule has 4 N–H and O–H groups in total. The molecule has 2 rings (SSSR count). The number of rotatable bonds is 2. The van der Waals surface area contributed by atoms with Gasteiger partial charge in [-0.15, -0.1) is 0 Å². The fourth-order valence-electron chi connectivity index (χ4n) is 1.80. The number of benzene rings is 1. The van der Waals surface area contributed by atoms with Gasteiger partial charge in [-0.3, -0.25) is 4.57 Å². The van der Waals surface area contributed by atoms with Crippen LogP contribution in [0.25, 0.3) is 0 Å². The van der Waals surface area contributed by atoms with Crippen LogP contribution >= 0.6 is 7.60 Å². The van der Waals surface area contributed by atoms with E-state index in [0.717, 1.165) is 6.07 Å². The summed E-state index contributed by atoms with van der Waals surface area (Å²) < 4.78 is 43.1. The third kappa shape index (κ3) is 2.82. The van der Waals surface area contributed by atoms with Crippen molar-refractivity contribution in [3.63, 3.8) is 0 Å². The predicted molar refractivity (Wildman–Crippen MR) is 59.4 cm³/mol. The Hall–Kier alpha value is -1.34. The van der Waals surface area contributed by atoms with Gasteiger partial charge in [0, 0.05) is 23.6 Å². The molecule has 1 atom stereocenters. The molecule has 1 aromatic rings. The van der Waals surface area contributed by atoms with Crippen LogP contribution in [0.5, 0.6) is 5.75 Å². The minimum absolute atomic E-state index is 0.156. The van der Waals surface area contributed by atoms with E-state index in [1.54, 1.807) is 0 Å². The Morgan fingerprint density at radius 2 is 2.11 bits per heavy atom. The van der Waals surface area contributed by atoms with Crippen LogP contribution in [0.4, 0.5) is 8.78 Å². The molecule has 1 aliphatic heterocycles. The highest BCUT2D eigenvalue weighted by molar-refractivity contribution is 7.50. The summed E-state index contributed by atoms with van der Waals surface area (Å²) in [4.78, 5) is 28.7. The van der Waals surface area contributed by atoms with Crippen LogP contribution in [0.1, 0.15) is 11.1 Å². The molecule has 0 saturated carbocycles. The average Bonchev–Trinajstić information content (AvgIpc) is 2.26. The summed E-state index contributed by atoms with van der Waals surface area (Å²) in [7, 11) is -4.62. The molecule has 1 heterocycles. The molecule has 0 aliphatic carbocycles. The Balaban J connectivity index is 2.52. The van der Waals surface area contributed by atoms with Gasteiger partial charge in [0.05, 0.1) is 6.16 Å². The number of fused-ring (bicyclic) bond motifs is 1. The van der Waals surface area contributed by atoms with Crippen molar-refractivity contribution in [1.82, 2.24) is 0 Å². The molecule has 0 spiro atoms. The molecule has 0 radical (unpaired) electrons. The summed E-state index contributed by atoms with van der Waals surface area (Å²) in [5, 5.41) is 0. The number of halogens is 2. The summed E-state index contributed by atoms with van der Waals surface area (Å²) in [6.07, 6.45) is -1.28. The van der Waals surface area contributed by atoms with Crippen LogP contribution in [0.3, 0.4) is 0 Å². The van der Waals surface area contributed by atoms with E-state index in [9.17, 15) is 18.1 Å². The quantitative estimate of drug-likeness (QED) is 0.414. The summed E-state index contributed by atoms with van der Waals surface area (Å²) in [6, 6.07) is -0.358. The molecule has 1 aliphatic rings. The summed E-state index contributed by atoms with van der Waals surface area (Å²) in [5.41, 5.74) is 4.49. The van der Waals surface area contributed by atoms with Crippen molar-refractivity contribution in [2.24, 2.45) is 5.73 Å². The Labute approximate surface area is 106 Å². The highest BCUT2D eigenvalue weighted by Gasteiger charge is 2.32. The van der Waals surface area contributed by atoms with Crippen LogP contribution in [0.2, 0.25) is 0 Å². The largest absolute Gasteiger partial charge is 0.425 e. The average molecular weight is 293 g/mol. The van der Waals surface area contributed by atoms with Crippen LogP contribution in [0, 0.1) is 11.6 Å². The van der Waals surface area contributed by atoms with E-state index in [2.05, 4.69) is 4.74 Å². The van der Waals surface area contributed by atoms with E-state index in [0.29, 0.717) is 0 Å². The number of ether oxygens (including phenoxy) is 1. The first kappa shape index (κ1) is 14.1. The fourth-order valence-corrected chi connectivity index (χ4v) is 2.51. The Bertz CT molecular complexity index is 600. The minimum atomic E-state index is -4.62. The van der Waals surface area contributed by atoms with E-state index >= 15 is 0 Å². The zero-order chi connectivity index (χ0) is 14.4. The molecule has 9 heteroatoms. The van der Waals surface area contributed by atoms with Gasteiger partial charge in [-0.1, -0.05) is 0 Å². The van der Waals surface area contributed by atoms with Gasteiger partial charge < -0.3 is 20.3 Å². The highest BCUT2D eigenvalue weighted by atomic mass is 31.2. The third-order valence-corrected chi connectivity index (χ3v) is 3.40. The predicted octanol–water partition coefficient (Wildman–Crippen LogP) is 0.431. The number of esters is 1. The molecule has 1 unspecified atom stereocenters. The van der Waals surface area contributed by atoms with Gasteiger partial charge in [0.2, 0.25) is 0 Å². The molecule has 0 saturated heterocycles. The summed E-state index contributed by atoms with van der Waals surface area (Å²) >= 11 is 0. The smallest absolute Gasteiger partial charge is 0.330 e. The number of carbonyl (C=O) groups is 1. The number of nitrogens with two attached hydrogens (primary N) is 1. The topological polar surface area (TPSA) is 110 Å². The van der Waals surface area contributed by atoms with Crippen molar-refractivity contribution >= 4 is 13.6 Å². The summed E-state index contributed by atoms with van der Waals surface area (Å²) in [5.74, 6) is -3.44. The molecule has 0 aromatic heterocycles. The normalized spacial score (nSPS) is 19.0. The maximum atomic E-state index is 14.0. The maximum absolute atomic E-state index is 14.0. The third-order valence-electron chi connectivity index (χ3n) is 2.67. The number of carbonyl (C=O) groups excluding carboxylic acids is 1. The Kier molecular flexibility index (Phi) is 3.44. The molecule has 6 nitrogen and oxygen atoms in total. The van der Waals surface area contributed by atoms with E-state index in [-0.39, 0.29) is 17.7 Å². The van der Waals surface area contributed by atoms with Crippen LogP contribution in [0.15, 0.2) is 6.07 Å². The zero-order valence-corrected chi connectivity index (χ0v) is 10.4. The highest BCUT2D eigenvalue weighted by Crippen LogP contribution is 2.42. The van der Waals surface area contributed by atoms with Crippen molar-refractivity contribution in [2.75, 3.05) is 0 Å². The lowest BCUT2D eigenvalue weighted by molar-refractivity contribution is -0.136. The van der Waals surface area contributed by atoms with Crippen molar-refractivity contribution in [3.05, 3.63) is 28.8 Å². The van der Waals surface area contributed by atoms with E-state index in [4.69, 9.17) is 15.5 Å².